The van der Waals surface area contributed by atoms with Crippen molar-refractivity contribution >= 4 is 41.0 Å². The lowest BCUT2D eigenvalue weighted by Crippen LogP contribution is -2.36. The van der Waals surface area contributed by atoms with Crippen LogP contribution >= 0.6 is 0 Å². The summed E-state index contributed by atoms with van der Waals surface area (Å²) in [7, 11) is 0. The number of aromatic nitrogens is 2. The number of carbonyl (C=O) groups is 5. The van der Waals surface area contributed by atoms with Gasteiger partial charge in [0, 0.05) is 17.4 Å². The third-order valence-electron chi connectivity index (χ3n) is 4.87. The second-order valence-electron chi connectivity index (χ2n) is 7.03. The molecule has 1 aliphatic rings. The number of hydrogen-bond donors (Lipinski definition) is 5. The summed E-state index contributed by atoms with van der Waals surface area (Å²) < 4.78 is 0. The topological polar surface area (TPSA) is 207 Å². The molecule has 3 aromatic rings. The quantitative estimate of drug-likeness (QED) is 0.333. The Hall–Kier alpha value is -5.33. The second-order valence-corrected chi connectivity index (χ2v) is 7.03. The van der Waals surface area contributed by atoms with E-state index in [2.05, 4.69) is 10.3 Å². The molecule has 0 radical (unpaired) electrons. The number of aromatic amines is 2. The number of anilines is 2. The van der Waals surface area contributed by atoms with Gasteiger partial charge < -0.3 is 20.5 Å². The number of carboxylic acids is 2. The summed E-state index contributed by atoms with van der Waals surface area (Å²) in [6, 6.07) is 6.55. The van der Waals surface area contributed by atoms with Crippen molar-refractivity contribution in [1.29, 1.82) is 0 Å². The van der Waals surface area contributed by atoms with Crippen molar-refractivity contribution in [3.05, 3.63) is 91.3 Å². The number of hydrogen-bond acceptors (Lipinski definition) is 7. The predicted molar refractivity (Wildman–Crippen MR) is 114 cm³/mol. The van der Waals surface area contributed by atoms with Gasteiger partial charge in [0.25, 0.3) is 23.3 Å². The molecule has 0 spiro atoms. The Morgan fingerprint density at radius 3 is 2.00 bits per heavy atom. The maximum atomic E-state index is 12.8. The van der Waals surface area contributed by atoms with Gasteiger partial charge in [0.1, 0.15) is 5.69 Å². The van der Waals surface area contributed by atoms with Crippen LogP contribution in [0.25, 0.3) is 0 Å². The molecule has 13 heteroatoms. The highest BCUT2D eigenvalue weighted by Gasteiger charge is 2.38. The molecule has 2 heterocycles. The van der Waals surface area contributed by atoms with E-state index in [-0.39, 0.29) is 33.5 Å². The van der Waals surface area contributed by atoms with Crippen molar-refractivity contribution in [3.8, 4) is 0 Å². The normalized spacial score (nSPS) is 12.4. The highest BCUT2D eigenvalue weighted by Crippen LogP contribution is 2.27. The molecule has 0 unspecified atom stereocenters. The van der Waals surface area contributed by atoms with E-state index in [1.165, 1.54) is 12.1 Å². The van der Waals surface area contributed by atoms with Crippen molar-refractivity contribution in [2.75, 3.05) is 10.2 Å². The number of rotatable bonds is 5. The lowest BCUT2D eigenvalue weighted by Gasteiger charge is -2.11. The smallest absolute Gasteiger partial charge is 0.335 e. The number of amides is 3. The first-order valence-electron chi connectivity index (χ1n) is 9.34. The Morgan fingerprint density at radius 1 is 0.794 bits per heavy atom. The van der Waals surface area contributed by atoms with Gasteiger partial charge >= 0.3 is 17.6 Å². The molecule has 2 aromatic carbocycles. The Labute approximate surface area is 187 Å². The van der Waals surface area contributed by atoms with E-state index in [1.807, 2.05) is 4.98 Å². The van der Waals surface area contributed by atoms with Gasteiger partial charge in [-0.05, 0) is 36.4 Å². The number of H-pyrrole nitrogens is 2. The number of benzene rings is 2. The summed E-state index contributed by atoms with van der Waals surface area (Å²) in [5.41, 5.74) is -3.45. The van der Waals surface area contributed by atoms with E-state index in [0.29, 0.717) is 4.90 Å². The van der Waals surface area contributed by atoms with Crippen molar-refractivity contribution in [3.63, 3.8) is 0 Å². The molecule has 5 N–H and O–H groups in total. The van der Waals surface area contributed by atoms with Gasteiger partial charge in [-0.3, -0.25) is 24.2 Å². The zero-order chi connectivity index (χ0) is 24.7. The average Bonchev–Trinajstić information content (AvgIpc) is 3.03. The maximum Gasteiger partial charge on any atom is 0.335 e. The third-order valence-corrected chi connectivity index (χ3v) is 4.87. The second kappa shape index (κ2) is 7.98. The van der Waals surface area contributed by atoms with Crippen LogP contribution in [0.3, 0.4) is 0 Å². The number of imide groups is 1. The summed E-state index contributed by atoms with van der Waals surface area (Å²) in [5.74, 6) is -5.38. The molecule has 1 aromatic heterocycles. The van der Waals surface area contributed by atoms with E-state index < -0.39 is 46.6 Å². The van der Waals surface area contributed by atoms with Gasteiger partial charge in [-0.25, -0.2) is 19.3 Å². The molecule has 0 bridgehead atoms. The van der Waals surface area contributed by atoms with Crippen molar-refractivity contribution in [1.82, 2.24) is 9.97 Å². The monoisotopic (exact) mass is 464 g/mol. The minimum Gasteiger partial charge on any atom is -0.478 e. The molecule has 3 amide bonds. The molecule has 170 valence electrons. The molecule has 1 aliphatic heterocycles. The molecule has 34 heavy (non-hydrogen) atoms. The summed E-state index contributed by atoms with van der Waals surface area (Å²) in [4.78, 5) is 88.5. The van der Waals surface area contributed by atoms with E-state index in [9.17, 15) is 33.6 Å². The van der Waals surface area contributed by atoms with Crippen molar-refractivity contribution in [2.24, 2.45) is 0 Å². The van der Waals surface area contributed by atoms with E-state index in [1.54, 1.807) is 0 Å². The van der Waals surface area contributed by atoms with Crippen LogP contribution in [0.15, 0.2) is 52.2 Å². The van der Waals surface area contributed by atoms with Gasteiger partial charge in [-0.1, -0.05) is 0 Å². The van der Waals surface area contributed by atoms with Crippen LogP contribution in [-0.2, 0) is 0 Å². The summed E-state index contributed by atoms with van der Waals surface area (Å²) >= 11 is 0. The number of aromatic carboxylic acids is 2. The fourth-order valence-corrected chi connectivity index (χ4v) is 3.32. The van der Waals surface area contributed by atoms with E-state index in [4.69, 9.17) is 10.2 Å². The van der Waals surface area contributed by atoms with E-state index >= 15 is 0 Å². The molecule has 0 saturated carbocycles. The molecule has 0 fully saturated rings. The average molecular weight is 464 g/mol. The van der Waals surface area contributed by atoms with Crippen molar-refractivity contribution < 1.29 is 34.2 Å². The first kappa shape index (κ1) is 21.9. The zero-order valence-electron chi connectivity index (χ0n) is 16.7. The van der Waals surface area contributed by atoms with E-state index in [0.717, 1.165) is 30.5 Å². The molecule has 0 atom stereocenters. The maximum absolute atomic E-state index is 12.8. The lowest BCUT2D eigenvalue weighted by atomic mass is 10.0. The molecule has 13 nitrogen and oxygen atoms in total. The van der Waals surface area contributed by atoms with Crippen LogP contribution in [0.1, 0.15) is 51.8 Å². The fourth-order valence-electron chi connectivity index (χ4n) is 3.32. The number of nitrogens with zero attached hydrogens (tertiary/aromatic N) is 1. The van der Waals surface area contributed by atoms with Gasteiger partial charge in [0.2, 0.25) is 0 Å². The van der Waals surface area contributed by atoms with Gasteiger partial charge in [0.05, 0.1) is 22.3 Å². The van der Waals surface area contributed by atoms with Crippen LogP contribution in [0.4, 0.5) is 11.4 Å². The largest absolute Gasteiger partial charge is 0.478 e. The van der Waals surface area contributed by atoms with Gasteiger partial charge in [-0.2, -0.15) is 0 Å². The Kier molecular flexibility index (Phi) is 5.13. The summed E-state index contributed by atoms with van der Waals surface area (Å²) in [6.07, 6.45) is 0.909. The number of nitrogens with one attached hydrogen (secondary N) is 3. The number of carbonyl (C=O) groups excluding carboxylic acids is 3. The Balaban J connectivity index is 1.66. The Morgan fingerprint density at radius 2 is 1.41 bits per heavy atom. The summed E-state index contributed by atoms with van der Waals surface area (Å²) in [6.45, 7) is 0. The SMILES string of the molecule is O=C(O)c1cc(NC(=O)c2ccc3c(c2)C(=O)N(c2c[nH]c(=O)[nH]c2=O)C3=O)cc(C(=O)O)c1. The van der Waals surface area contributed by atoms with Crippen LogP contribution in [0.2, 0.25) is 0 Å². The Bertz CT molecular complexity index is 1520. The van der Waals surface area contributed by atoms with Gasteiger partial charge in [0.15, 0.2) is 0 Å². The fraction of sp³-hybridized carbons (Fsp3) is 0. The van der Waals surface area contributed by atoms with Crippen LogP contribution < -0.4 is 21.5 Å². The predicted octanol–water partition coefficient (Wildman–Crippen LogP) is 0.512. The molecular formula is C21H12N4O9. The van der Waals surface area contributed by atoms with Crippen LogP contribution in [-0.4, -0.2) is 49.8 Å². The lowest BCUT2D eigenvalue weighted by molar-refractivity contribution is 0.0695. The molecular weight excluding hydrogens is 452 g/mol. The molecule has 0 saturated heterocycles. The number of carboxylic acid groups (broad SMARTS) is 2. The minimum absolute atomic E-state index is 0.0896. The summed E-state index contributed by atoms with van der Waals surface area (Å²) in [5, 5.41) is 20.7. The first-order chi connectivity index (χ1) is 16.1. The highest BCUT2D eigenvalue weighted by atomic mass is 16.4. The van der Waals surface area contributed by atoms with Gasteiger partial charge in [-0.15, -0.1) is 0 Å². The number of fused-ring (bicyclic) bond motifs is 1. The standard InChI is InChI=1S/C21H12N4O9/c26-15(23-11-4-9(19(30)31)3-10(5-11)20(32)33)8-1-2-12-13(6-8)18(29)25(17(12)28)14-7-22-21(34)24-16(14)27/h1-7H,(H,23,26)(H,30,31)(H,32,33)(H2,22,24,27,34). The zero-order valence-corrected chi connectivity index (χ0v) is 16.7. The first-order valence-corrected chi connectivity index (χ1v) is 9.34. The molecule has 4 rings (SSSR count). The van der Waals surface area contributed by atoms with Crippen LogP contribution in [0.5, 0.6) is 0 Å². The van der Waals surface area contributed by atoms with Crippen LogP contribution in [0, 0.1) is 0 Å². The third kappa shape index (κ3) is 3.73. The minimum atomic E-state index is -1.41. The van der Waals surface area contributed by atoms with Crippen molar-refractivity contribution in [2.45, 2.75) is 0 Å². The molecule has 0 aliphatic carbocycles. The highest BCUT2D eigenvalue weighted by molar-refractivity contribution is 6.34.